The number of hydrogen-bond acceptors (Lipinski definition) is 9. The first kappa shape index (κ1) is 24.0. The Kier molecular flexibility index (Phi) is 6.77. The van der Waals surface area contributed by atoms with Gasteiger partial charge in [0.1, 0.15) is 29.7 Å². The van der Waals surface area contributed by atoms with E-state index in [1.807, 2.05) is 4.90 Å². The maximum absolute atomic E-state index is 12.8. The summed E-state index contributed by atoms with van der Waals surface area (Å²) in [5, 5.41) is 21.6. The van der Waals surface area contributed by atoms with Crippen LogP contribution in [0.3, 0.4) is 0 Å². The van der Waals surface area contributed by atoms with E-state index < -0.39 is 17.9 Å². The number of oxime groups is 1. The molecule has 0 radical (unpaired) electrons. The van der Waals surface area contributed by atoms with Crippen LogP contribution in [0.4, 0.5) is 5.13 Å². The molecule has 4 rings (SSSR count). The van der Waals surface area contributed by atoms with Crippen molar-refractivity contribution in [3.05, 3.63) is 32.6 Å². The number of anilines is 1. The van der Waals surface area contributed by atoms with E-state index in [4.69, 9.17) is 28.0 Å². The highest BCUT2D eigenvalue weighted by molar-refractivity contribution is 7.17. The number of carbonyl (C=O) groups excluding carboxylic acids is 1. The van der Waals surface area contributed by atoms with Crippen LogP contribution in [0.1, 0.15) is 32.3 Å². The summed E-state index contributed by atoms with van der Waals surface area (Å²) in [5.74, 6) is -1.18. The number of nitrogens with one attached hydrogen (secondary N) is 2. The van der Waals surface area contributed by atoms with Crippen LogP contribution < -0.4 is 10.2 Å². The number of hydrogen-bond donors (Lipinski definition) is 3. The Hall–Kier alpha value is -3.16. The van der Waals surface area contributed by atoms with Crippen molar-refractivity contribution in [2.24, 2.45) is 12.2 Å². The Balaban J connectivity index is 1.56. The summed E-state index contributed by atoms with van der Waals surface area (Å²) >= 11 is 13.3. The number of carbonyl (C=O) groups is 2. The standard InChI is InChI=1S/C19H20Cl2N8O4S/c1-8-11(20)12(21)13(24-8)17(30)25-9-4-5-29(6-10(9)27-33-3)19-26-14(15(34-19)18(31)32)16-22-7-23-28(16)2/h7,9,24H,4-6H2,1-3H3,(H,25,30)(H,31,32)/b27-10-. The molecule has 3 N–H and O–H groups in total. The molecule has 4 heterocycles. The van der Waals surface area contributed by atoms with Gasteiger partial charge in [0.25, 0.3) is 5.91 Å². The highest BCUT2D eigenvalue weighted by Crippen LogP contribution is 2.33. The third kappa shape index (κ3) is 4.45. The van der Waals surface area contributed by atoms with Crippen molar-refractivity contribution in [1.29, 1.82) is 0 Å². The van der Waals surface area contributed by atoms with Gasteiger partial charge in [-0.3, -0.25) is 4.79 Å². The van der Waals surface area contributed by atoms with E-state index in [0.717, 1.165) is 11.3 Å². The number of aromatic nitrogens is 5. The van der Waals surface area contributed by atoms with Gasteiger partial charge in [0, 0.05) is 19.3 Å². The number of aromatic amines is 1. The van der Waals surface area contributed by atoms with Crippen molar-refractivity contribution in [1.82, 2.24) is 30.0 Å². The number of nitrogens with zero attached hydrogens (tertiary/aromatic N) is 6. The van der Waals surface area contributed by atoms with E-state index in [0.29, 0.717) is 40.3 Å². The quantitative estimate of drug-likeness (QED) is 0.414. The van der Waals surface area contributed by atoms with E-state index in [9.17, 15) is 14.7 Å². The summed E-state index contributed by atoms with van der Waals surface area (Å²) in [6.07, 6.45) is 1.81. The zero-order chi connectivity index (χ0) is 24.6. The van der Waals surface area contributed by atoms with Gasteiger partial charge in [-0.15, -0.1) is 0 Å². The molecule has 1 amide bonds. The summed E-state index contributed by atoms with van der Waals surface area (Å²) < 4.78 is 1.46. The maximum atomic E-state index is 12.8. The van der Waals surface area contributed by atoms with Gasteiger partial charge in [0.15, 0.2) is 11.0 Å². The zero-order valence-electron chi connectivity index (χ0n) is 18.3. The Morgan fingerprint density at radius 1 is 1.38 bits per heavy atom. The van der Waals surface area contributed by atoms with Gasteiger partial charge >= 0.3 is 5.97 Å². The first-order valence-electron chi connectivity index (χ1n) is 9.99. The first-order valence-corrected chi connectivity index (χ1v) is 11.6. The molecule has 3 aromatic heterocycles. The summed E-state index contributed by atoms with van der Waals surface area (Å²) in [6.45, 7) is 2.47. The molecule has 0 saturated carbocycles. The lowest BCUT2D eigenvalue weighted by Crippen LogP contribution is -2.52. The summed E-state index contributed by atoms with van der Waals surface area (Å²) in [6, 6.07) is -0.431. The molecule has 1 unspecified atom stereocenters. The highest BCUT2D eigenvalue weighted by Gasteiger charge is 2.32. The van der Waals surface area contributed by atoms with E-state index >= 15 is 0 Å². The molecule has 3 aromatic rings. The number of carboxylic acids is 1. The first-order chi connectivity index (χ1) is 16.2. The number of aromatic carboxylic acids is 1. The second-order valence-corrected chi connectivity index (χ2v) is 9.17. The molecule has 1 atom stereocenters. The molecular weight excluding hydrogens is 507 g/mol. The van der Waals surface area contributed by atoms with Gasteiger partial charge in [0.2, 0.25) is 0 Å². The molecule has 1 fully saturated rings. The fourth-order valence-electron chi connectivity index (χ4n) is 3.57. The lowest BCUT2D eigenvalue weighted by Gasteiger charge is -2.32. The Morgan fingerprint density at radius 2 is 2.15 bits per heavy atom. The molecular formula is C19H20Cl2N8O4S. The number of piperidine rings is 1. The van der Waals surface area contributed by atoms with Crippen molar-refractivity contribution < 1.29 is 19.5 Å². The van der Waals surface area contributed by atoms with Crippen molar-refractivity contribution in [3.63, 3.8) is 0 Å². The minimum absolute atomic E-state index is 0.0559. The van der Waals surface area contributed by atoms with Crippen molar-refractivity contribution in [3.8, 4) is 11.5 Å². The van der Waals surface area contributed by atoms with Crippen LogP contribution in [-0.2, 0) is 11.9 Å². The molecule has 1 saturated heterocycles. The molecule has 0 aromatic carbocycles. The average molecular weight is 527 g/mol. The van der Waals surface area contributed by atoms with Crippen LogP contribution in [0.25, 0.3) is 11.5 Å². The van der Waals surface area contributed by atoms with Gasteiger partial charge in [0.05, 0.1) is 28.3 Å². The van der Waals surface area contributed by atoms with Crippen LogP contribution in [0.2, 0.25) is 10.0 Å². The van der Waals surface area contributed by atoms with Crippen molar-refractivity contribution in [2.75, 3.05) is 25.1 Å². The monoisotopic (exact) mass is 526 g/mol. The Labute approximate surface area is 207 Å². The summed E-state index contributed by atoms with van der Waals surface area (Å²) in [7, 11) is 3.07. The fraction of sp³-hybridized carbons (Fsp3) is 0.368. The summed E-state index contributed by atoms with van der Waals surface area (Å²) in [4.78, 5) is 43.1. The third-order valence-electron chi connectivity index (χ3n) is 5.24. The number of aryl methyl sites for hydroxylation is 2. The van der Waals surface area contributed by atoms with Gasteiger partial charge in [-0.2, -0.15) is 5.10 Å². The molecule has 0 aliphatic carbocycles. The minimum Gasteiger partial charge on any atom is -0.477 e. The van der Waals surface area contributed by atoms with Crippen LogP contribution >= 0.6 is 34.5 Å². The third-order valence-corrected chi connectivity index (χ3v) is 7.29. The molecule has 1 aliphatic rings. The van der Waals surface area contributed by atoms with E-state index in [-0.39, 0.29) is 27.8 Å². The zero-order valence-corrected chi connectivity index (χ0v) is 20.6. The van der Waals surface area contributed by atoms with Crippen molar-refractivity contribution >= 4 is 57.3 Å². The van der Waals surface area contributed by atoms with Crippen LogP contribution in [0.5, 0.6) is 0 Å². The lowest BCUT2D eigenvalue weighted by atomic mass is 10.0. The van der Waals surface area contributed by atoms with E-state index in [1.54, 1.807) is 14.0 Å². The summed E-state index contributed by atoms with van der Waals surface area (Å²) in [5.41, 5.74) is 1.54. The number of thiazole rings is 1. The number of H-pyrrole nitrogens is 1. The van der Waals surface area contributed by atoms with Gasteiger partial charge in [-0.05, 0) is 13.3 Å². The van der Waals surface area contributed by atoms with E-state index in [2.05, 4.69) is 30.5 Å². The van der Waals surface area contributed by atoms with Gasteiger partial charge in [-0.25, -0.2) is 19.4 Å². The van der Waals surface area contributed by atoms with Crippen LogP contribution in [-0.4, -0.2) is 73.7 Å². The maximum Gasteiger partial charge on any atom is 0.348 e. The number of halogens is 2. The molecule has 0 spiro atoms. The Morgan fingerprint density at radius 3 is 2.74 bits per heavy atom. The highest BCUT2D eigenvalue weighted by atomic mass is 35.5. The molecule has 15 heteroatoms. The van der Waals surface area contributed by atoms with Crippen molar-refractivity contribution in [2.45, 2.75) is 19.4 Å². The van der Waals surface area contributed by atoms with E-state index in [1.165, 1.54) is 18.1 Å². The van der Waals surface area contributed by atoms with Gasteiger partial charge < -0.3 is 25.1 Å². The SMILES string of the molecule is CO/N=C1/CN(c2nc(-c3ncnn3C)c(C(=O)O)s2)CCC1NC(=O)c1[nH]c(C)c(Cl)c1Cl. The Bertz CT molecular complexity index is 1280. The molecule has 1 aliphatic heterocycles. The second-order valence-electron chi connectivity index (χ2n) is 7.44. The number of amides is 1. The molecule has 0 bridgehead atoms. The minimum atomic E-state index is -1.11. The van der Waals surface area contributed by atoms with Crippen LogP contribution in [0.15, 0.2) is 11.5 Å². The molecule has 12 nitrogen and oxygen atoms in total. The predicted octanol–water partition coefficient (Wildman–Crippen LogP) is 2.59. The normalized spacial score (nSPS) is 17.3. The smallest absolute Gasteiger partial charge is 0.348 e. The lowest BCUT2D eigenvalue weighted by molar-refractivity contribution is 0.0702. The fourth-order valence-corrected chi connectivity index (χ4v) is 4.92. The molecule has 34 heavy (non-hydrogen) atoms. The van der Waals surface area contributed by atoms with Crippen LogP contribution in [0, 0.1) is 6.92 Å². The topological polar surface area (TPSA) is 151 Å². The van der Waals surface area contributed by atoms with Gasteiger partial charge in [-0.1, -0.05) is 39.7 Å². The predicted molar refractivity (Wildman–Crippen MR) is 127 cm³/mol. The number of rotatable bonds is 6. The molecule has 180 valence electrons. The largest absolute Gasteiger partial charge is 0.477 e. The average Bonchev–Trinajstić information content (AvgIpc) is 3.49. The second kappa shape index (κ2) is 9.60. The number of carboxylic acid groups (broad SMARTS) is 1.